The smallest absolute Gasteiger partial charge is 0.249 e. The van der Waals surface area contributed by atoms with Crippen LogP contribution in [0.5, 0.6) is 0 Å². The van der Waals surface area contributed by atoms with Gasteiger partial charge in [0.05, 0.1) is 19.3 Å². The molecule has 4 nitrogen and oxygen atoms in total. The lowest BCUT2D eigenvalue weighted by Gasteiger charge is -2.23. The molecule has 1 aromatic heterocycles. The van der Waals surface area contributed by atoms with Gasteiger partial charge in [0.15, 0.2) is 0 Å². The molecule has 118 valence electrons. The van der Waals surface area contributed by atoms with Crippen LogP contribution in [-0.2, 0) is 27.2 Å². The minimum atomic E-state index is -0.430. The Balaban J connectivity index is 1.66. The number of thiophene rings is 1. The largest absolute Gasteiger partial charge is 0.376 e. The van der Waals surface area contributed by atoms with Crippen LogP contribution >= 0.6 is 11.3 Å². The highest BCUT2D eigenvalue weighted by atomic mass is 32.1. The van der Waals surface area contributed by atoms with Crippen LogP contribution in [0.25, 0.3) is 0 Å². The van der Waals surface area contributed by atoms with Gasteiger partial charge in [0.25, 0.3) is 0 Å². The van der Waals surface area contributed by atoms with Gasteiger partial charge in [-0.3, -0.25) is 4.79 Å². The Morgan fingerprint density at radius 2 is 2.29 bits per heavy atom. The average molecular weight is 311 g/mol. The van der Waals surface area contributed by atoms with E-state index in [0.717, 1.165) is 25.9 Å². The molecule has 2 atom stereocenters. The third-order valence-corrected chi connectivity index (χ3v) is 4.91. The van der Waals surface area contributed by atoms with Gasteiger partial charge >= 0.3 is 0 Å². The van der Waals surface area contributed by atoms with E-state index in [0.29, 0.717) is 13.2 Å². The quantitative estimate of drug-likeness (QED) is 0.842. The molecule has 0 bridgehead atoms. The van der Waals surface area contributed by atoms with Crippen LogP contribution in [0.2, 0.25) is 0 Å². The zero-order chi connectivity index (χ0) is 15.1. The van der Waals surface area contributed by atoms with Crippen molar-refractivity contribution in [1.82, 2.24) is 5.32 Å². The number of rotatable bonds is 7. The highest BCUT2D eigenvalue weighted by Crippen LogP contribution is 2.17. The number of hydrogen-bond acceptors (Lipinski definition) is 4. The number of carbonyl (C=O) groups is 1. The van der Waals surface area contributed by atoms with E-state index in [1.807, 2.05) is 0 Å². The lowest BCUT2D eigenvalue weighted by molar-refractivity contribution is -0.135. The second kappa shape index (κ2) is 8.51. The number of nitrogens with one attached hydrogen (secondary N) is 1. The molecule has 1 N–H and O–H groups in total. The Kier molecular flexibility index (Phi) is 6.67. The second-order valence-corrected chi connectivity index (χ2v) is 6.66. The minimum Gasteiger partial charge on any atom is -0.376 e. The van der Waals surface area contributed by atoms with Gasteiger partial charge in [-0.2, -0.15) is 0 Å². The number of carbonyl (C=O) groups excluding carboxylic acids is 1. The lowest BCUT2D eigenvalue weighted by Crippen LogP contribution is -2.36. The monoisotopic (exact) mass is 311 g/mol. The summed E-state index contributed by atoms with van der Waals surface area (Å²) in [6.45, 7) is 5.83. The van der Waals surface area contributed by atoms with Crippen molar-refractivity contribution in [3.8, 4) is 0 Å². The molecule has 0 spiro atoms. The zero-order valence-electron chi connectivity index (χ0n) is 12.9. The minimum absolute atomic E-state index is 0.0581. The van der Waals surface area contributed by atoms with Gasteiger partial charge in [0.2, 0.25) is 5.91 Å². The maximum atomic E-state index is 12.0. The van der Waals surface area contributed by atoms with Crippen LogP contribution in [0.1, 0.15) is 42.9 Å². The fourth-order valence-electron chi connectivity index (χ4n) is 2.29. The van der Waals surface area contributed by atoms with Crippen LogP contribution < -0.4 is 5.32 Å². The maximum Gasteiger partial charge on any atom is 0.249 e. The van der Waals surface area contributed by atoms with Gasteiger partial charge in [-0.25, -0.2) is 0 Å². The molecule has 2 heterocycles. The van der Waals surface area contributed by atoms with E-state index in [-0.39, 0.29) is 12.0 Å². The first-order valence-electron chi connectivity index (χ1n) is 7.77. The first-order valence-corrected chi connectivity index (χ1v) is 8.59. The number of aryl methyl sites for hydroxylation is 1. The Labute approximate surface area is 130 Å². The van der Waals surface area contributed by atoms with E-state index < -0.39 is 6.10 Å². The summed E-state index contributed by atoms with van der Waals surface area (Å²) in [5, 5.41) is 2.93. The first-order chi connectivity index (χ1) is 10.2. The molecule has 1 fully saturated rings. The van der Waals surface area contributed by atoms with E-state index in [1.165, 1.54) is 16.2 Å². The standard InChI is InChI=1S/C16H25NO3S/c1-3-14-7-8-15(21-14)10-17-16(18)12(2)20-11-13-6-4-5-9-19-13/h7-8,12-13H,3-6,9-11H2,1-2H3,(H,17,18). The van der Waals surface area contributed by atoms with Gasteiger partial charge in [0, 0.05) is 16.4 Å². The van der Waals surface area contributed by atoms with Crippen molar-refractivity contribution in [3.05, 3.63) is 21.9 Å². The van der Waals surface area contributed by atoms with Gasteiger partial charge in [-0.05, 0) is 44.7 Å². The van der Waals surface area contributed by atoms with E-state index in [4.69, 9.17) is 9.47 Å². The Bertz CT molecular complexity index is 440. The molecule has 0 radical (unpaired) electrons. The summed E-state index contributed by atoms with van der Waals surface area (Å²) in [6, 6.07) is 4.19. The van der Waals surface area contributed by atoms with Crippen LogP contribution in [0.15, 0.2) is 12.1 Å². The van der Waals surface area contributed by atoms with Gasteiger partial charge in [0.1, 0.15) is 6.10 Å². The number of hydrogen-bond donors (Lipinski definition) is 1. The van der Waals surface area contributed by atoms with E-state index in [1.54, 1.807) is 18.3 Å². The summed E-state index contributed by atoms with van der Waals surface area (Å²) in [5.74, 6) is -0.0581. The van der Waals surface area contributed by atoms with Crippen LogP contribution in [0.3, 0.4) is 0 Å². The molecular formula is C16H25NO3S. The molecule has 1 aliphatic heterocycles. The van der Waals surface area contributed by atoms with Crippen LogP contribution in [0, 0.1) is 0 Å². The summed E-state index contributed by atoms with van der Waals surface area (Å²) in [6.07, 6.45) is 4.11. The molecule has 1 saturated heterocycles. The topological polar surface area (TPSA) is 47.6 Å². The molecule has 2 rings (SSSR count). The van der Waals surface area contributed by atoms with E-state index in [2.05, 4.69) is 24.4 Å². The van der Waals surface area contributed by atoms with Crippen molar-refractivity contribution in [3.63, 3.8) is 0 Å². The predicted octanol–water partition coefficient (Wildman–Crippen LogP) is 2.90. The Hall–Kier alpha value is -0.910. The highest BCUT2D eigenvalue weighted by Gasteiger charge is 2.18. The zero-order valence-corrected chi connectivity index (χ0v) is 13.7. The van der Waals surface area contributed by atoms with E-state index in [9.17, 15) is 4.79 Å². The molecule has 0 aromatic carbocycles. The summed E-state index contributed by atoms with van der Waals surface area (Å²) in [7, 11) is 0. The van der Waals surface area contributed by atoms with Crippen molar-refractivity contribution in [2.75, 3.05) is 13.2 Å². The Morgan fingerprint density at radius 1 is 1.48 bits per heavy atom. The molecule has 1 aliphatic rings. The molecule has 1 amide bonds. The number of amides is 1. The molecule has 2 unspecified atom stereocenters. The van der Waals surface area contributed by atoms with Crippen LogP contribution in [-0.4, -0.2) is 31.3 Å². The van der Waals surface area contributed by atoms with E-state index >= 15 is 0 Å². The first kappa shape index (κ1) is 16.5. The maximum absolute atomic E-state index is 12.0. The van der Waals surface area contributed by atoms with Crippen molar-refractivity contribution < 1.29 is 14.3 Å². The molecule has 21 heavy (non-hydrogen) atoms. The highest BCUT2D eigenvalue weighted by molar-refractivity contribution is 7.11. The van der Waals surface area contributed by atoms with Crippen molar-refractivity contribution in [1.29, 1.82) is 0 Å². The molecule has 0 aliphatic carbocycles. The second-order valence-electron chi connectivity index (χ2n) is 5.40. The van der Waals surface area contributed by atoms with Crippen LogP contribution in [0.4, 0.5) is 0 Å². The summed E-state index contributed by atoms with van der Waals surface area (Å²) in [5.41, 5.74) is 0. The van der Waals surface area contributed by atoms with Crippen molar-refractivity contribution in [2.45, 2.75) is 58.3 Å². The molecule has 5 heteroatoms. The Morgan fingerprint density at radius 3 is 2.95 bits per heavy atom. The molecule has 1 aromatic rings. The third kappa shape index (κ3) is 5.41. The summed E-state index contributed by atoms with van der Waals surface area (Å²) in [4.78, 5) is 14.5. The van der Waals surface area contributed by atoms with Crippen molar-refractivity contribution >= 4 is 17.2 Å². The summed E-state index contributed by atoms with van der Waals surface area (Å²) >= 11 is 1.75. The molecule has 0 saturated carbocycles. The molecular weight excluding hydrogens is 286 g/mol. The third-order valence-electron chi connectivity index (χ3n) is 3.68. The average Bonchev–Trinajstić information content (AvgIpc) is 2.99. The lowest BCUT2D eigenvalue weighted by atomic mass is 10.1. The van der Waals surface area contributed by atoms with Gasteiger partial charge in [-0.15, -0.1) is 11.3 Å². The van der Waals surface area contributed by atoms with Crippen molar-refractivity contribution in [2.24, 2.45) is 0 Å². The van der Waals surface area contributed by atoms with Gasteiger partial charge in [-0.1, -0.05) is 6.92 Å². The predicted molar refractivity (Wildman–Crippen MR) is 84.5 cm³/mol. The normalized spacial score (nSPS) is 20.2. The number of ether oxygens (including phenoxy) is 2. The summed E-state index contributed by atoms with van der Waals surface area (Å²) < 4.78 is 11.2. The SMILES string of the molecule is CCc1ccc(CNC(=O)C(C)OCC2CCCCO2)s1. The fourth-order valence-corrected chi connectivity index (χ4v) is 3.19. The van der Waals surface area contributed by atoms with Gasteiger partial charge < -0.3 is 14.8 Å². The fraction of sp³-hybridized carbons (Fsp3) is 0.688.